The van der Waals surface area contributed by atoms with Gasteiger partial charge in [-0.05, 0) is 46.3 Å². The van der Waals surface area contributed by atoms with Crippen LogP contribution in [0.2, 0.25) is 0 Å². The number of thiazole rings is 1. The van der Waals surface area contributed by atoms with Gasteiger partial charge in [-0.15, -0.1) is 0 Å². The van der Waals surface area contributed by atoms with Crippen LogP contribution in [-0.2, 0) is 0 Å². The first-order valence-corrected chi connectivity index (χ1v) is 7.43. The van der Waals surface area contributed by atoms with Gasteiger partial charge in [0, 0.05) is 11.8 Å². The van der Waals surface area contributed by atoms with Gasteiger partial charge in [-0.25, -0.2) is 9.37 Å². The molecule has 0 amide bonds. The van der Waals surface area contributed by atoms with E-state index in [1.807, 2.05) is 18.2 Å². The Bertz CT molecular complexity index is 775. The first kappa shape index (κ1) is 13.3. The van der Waals surface area contributed by atoms with Crippen molar-refractivity contribution in [2.24, 2.45) is 0 Å². The molecule has 102 valence electrons. The van der Waals surface area contributed by atoms with E-state index in [-0.39, 0.29) is 5.82 Å². The minimum atomic E-state index is -0.276. The molecule has 0 saturated heterocycles. The van der Waals surface area contributed by atoms with Gasteiger partial charge in [-0.2, -0.15) is 0 Å². The molecular formula is C14H10BrFN2OS. The molecule has 0 radical (unpaired) electrons. The van der Waals surface area contributed by atoms with E-state index >= 15 is 0 Å². The Hall–Kier alpha value is -1.66. The van der Waals surface area contributed by atoms with Gasteiger partial charge in [0.2, 0.25) is 0 Å². The molecule has 1 aromatic heterocycles. The second-order valence-corrected chi connectivity index (χ2v) is 5.99. The second-order valence-electron chi connectivity index (χ2n) is 4.11. The van der Waals surface area contributed by atoms with Crippen LogP contribution in [0.15, 0.2) is 40.9 Å². The molecule has 1 N–H and O–H groups in total. The Balaban J connectivity index is 1.90. The Morgan fingerprint density at radius 3 is 2.85 bits per heavy atom. The summed E-state index contributed by atoms with van der Waals surface area (Å²) in [5, 5.41) is 3.93. The van der Waals surface area contributed by atoms with E-state index in [1.165, 1.54) is 23.5 Å². The number of anilines is 2. The molecule has 0 aliphatic rings. The van der Waals surface area contributed by atoms with Crippen molar-refractivity contribution < 1.29 is 9.13 Å². The summed E-state index contributed by atoms with van der Waals surface area (Å²) in [5.74, 6) is 0.489. The molecule has 0 fully saturated rings. The van der Waals surface area contributed by atoms with Crippen LogP contribution in [-0.4, -0.2) is 12.1 Å². The number of benzene rings is 2. The van der Waals surface area contributed by atoms with Gasteiger partial charge in [0.1, 0.15) is 11.6 Å². The van der Waals surface area contributed by atoms with Gasteiger partial charge in [0.25, 0.3) is 0 Å². The molecule has 3 rings (SSSR count). The van der Waals surface area contributed by atoms with Crippen LogP contribution in [0.4, 0.5) is 15.2 Å². The highest BCUT2D eigenvalue weighted by Crippen LogP contribution is 2.32. The number of methoxy groups -OCH3 is 1. The second kappa shape index (κ2) is 5.38. The van der Waals surface area contributed by atoms with Crippen molar-refractivity contribution in [2.45, 2.75) is 0 Å². The zero-order valence-corrected chi connectivity index (χ0v) is 12.9. The molecule has 0 aliphatic heterocycles. The van der Waals surface area contributed by atoms with Crippen LogP contribution < -0.4 is 10.1 Å². The topological polar surface area (TPSA) is 34.1 Å². The van der Waals surface area contributed by atoms with Crippen LogP contribution in [0.3, 0.4) is 0 Å². The summed E-state index contributed by atoms with van der Waals surface area (Å²) in [6, 6.07) is 10.3. The highest BCUT2D eigenvalue weighted by atomic mass is 79.9. The number of ether oxygens (including phenoxy) is 1. The van der Waals surface area contributed by atoms with Gasteiger partial charge in [-0.3, -0.25) is 0 Å². The maximum atomic E-state index is 13.1. The Morgan fingerprint density at radius 2 is 2.10 bits per heavy atom. The summed E-state index contributed by atoms with van der Waals surface area (Å²) in [7, 11) is 1.62. The lowest BCUT2D eigenvalue weighted by Crippen LogP contribution is -1.90. The van der Waals surface area contributed by atoms with Gasteiger partial charge in [-0.1, -0.05) is 11.3 Å². The van der Waals surface area contributed by atoms with Crippen LogP contribution >= 0.6 is 27.3 Å². The molecule has 3 nitrogen and oxygen atoms in total. The lowest BCUT2D eigenvalue weighted by Gasteiger charge is -2.06. The number of halogens is 2. The van der Waals surface area contributed by atoms with E-state index in [4.69, 9.17) is 4.74 Å². The van der Waals surface area contributed by atoms with Crippen molar-refractivity contribution in [1.82, 2.24) is 4.98 Å². The number of rotatable bonds is 3. The third kappa shape index (κ3) is 2.62. The van der Waals surface area contributed by atoms with E-state index < -0.39 is 0 Å². The molecule has 2 aromatic carbocycles. The monoisotopic (exact) mass is 352 g/mol. The molecule has 20 heavy (non-hydrogen) atoms. The third-order valence-corrected chi connectivity index (χ3v) is 4.32. The lowest BCUT2D eigenvalue weighted by molar-refractivity contribution is 0.412. The number of fused-ring (bicyclic) bond motifs is 1. The smallest absolute Gasteiger partial charge is 0.188 e. The quantitative estimate of drug-likeness (QED) is 0.723. The van der Waals surface area contributed by atoms with Crippen LogP contribution in [0.1, 0.15) is 0 Å². The zero-order chi connectivity index (χ0) is 14.1. The largest absolute Gasteiger partial charge is 0.496 e. The van der Waals surface area contributed by atoms with Crippen molar-refractivity contribution in [3.63, 3.8) is 0 Å². The maximum absolute atomic E-state index is 13.1. The standard InChI is InChI=1S/C14H10BrFN2OS/c1-19-12-4-3-9(7-10(12)15)17-14-18-11-6-8(16)2-5-13(11)20-14/h2-7H,1H3,(H,17,18). The molecule has 0 saturated carbocycles. The van der Waals surface area contributed by atoms with Crippen molar-refractivity contribution in [3.8, 4) is 5.75 Å². The number of nitrogens with one attached hydrogen (secondary N) is 1. The number of nitrogens with zero attached hydrogens (tertiary/aromatic N) is 1. The predicted molar refractivity (Wildman–Crippen MR) is 83.6 cm³/mol. The highest BCUT2D eigenvalue weighted by Gasteiger charge is 2.06. The first-order valence-electron chi connectivity index (χ1n) is 5.82. The summed E-state index contributed by atoms with van der Waals surface area (Å²) in [6.07, 6.45) is 0. The zero-order valence-electron chi connectivity index (χ0n) is 10.5. The molecule has 0 atom stereocenters. The molecule has 3 aromatic rings. The fourth-order valence-electron chi connectivity index (χ4n) is 1.82. The van der Waals surface area contributed by atoms with Gasteiger partial charge in [0.05, 0.1) is 21.8 Å². The van der Waals surface area contributed by atoms with E-state index in [1.54, 1.807) is 13.2 Å². The predicted octanol–water partition coefficient (Wildman–Crippen LogP) is 4.95. The number of hydrogen-bond acceptors (Lipinski definition) is 4. The van der Waals surface area contributed by atoms with Gasteiger partial charge >= 0.3 is 0 Å². The van der Waals surface area contributed by atoms with E-state index in [9.17, 15) is 4.39 Å². The maximum Gasteiger partial charge on any atom is 0.188 e. The average Bonchev–Trinajstić information content (AvgIpc) is 2.80. The van der Waals surface area contributed by atoms with Crippen LogP contribution in [0, 0.1) is 5.82 Å². The number of hydrogen-bond donors (Lipinski definition) is 1. The summed E-state index contributed by atoms with van der Waals surface area (Å²) < 4.78 is 20.1. The minimum absolute atomic E-state index is 0.276. The molecular weight excluding hydrogens is 343 g/mol. The molecule has 1 heterocycles. The van der Waals surface area contributed by atoms with Crippen LogP contribution in [0.25, 0.3) is 10.2 Å². The summed E-state index contributed by atoms with van der Waals surface area (Å²) >= 11 is 4.91. The normalized spacial score (nSPS) is 10.8. The van der Waals surface area contributed by atoms with Crippen molar-refractivity contribution >= 4 is 48.3 Å². The van der Waals surface area contributed by atoms with E-state index in [2.05, 4.69) is 26.2 Å². The molecule has 0 aliphatic carbocycles. The van der Waals surface area contributed by atoms with Gasteiger partial charge < -0.3 is 10.1 Å². The first-order chi connectivity index (χ1) is 9.65. The van der Waals surface area contributed by atoms with E-state index in [0.717, 1.165) is 25.7 Å². The average molecular weight is 353 g/mol. The fraction of sp³-hybridized carbons (Fsp3) is 0.0714. The van der Waals surface area contributed by atoms with Crippen molar-refractivity contribution in [3.05, 3.63) is 46.7 Å². The Morgan fingerprint density at radius 1 is 1.25 bits per heavy atom. The Kier molecular flexibility index (Phi) is 3.58. The number of aromatic nitrogens is 1. The fourth-order valence-corrected chi connectivity index (χ4v) is 3.23. The summed E-state index contributed by atoms with van der Waals surface area (Å²) in [6.45, 7) is 0. The molecule has 0 spiro atoms. The van der Waals surface area contributed by atoms with Crippen LogP contribution in [0.5, 0.6) is 5.75 Å². The van der Waals surface area contributed by atoms with Crippen molar-refractivity contribution in [2.75, 3.05) is 12.4 Å². The lowest BCUT2D eigenvalue weighted by atomic mass is 10.3. The Labute approximate surface area is 127 Å². The van der Waals surface area contributed by atoms with Gasteiger partial charge in [0.15, 0.2) is 5.13 Å². The minimum Gasteiger partial charge on any atom is -0.496 e. The third-order valence-electron chi connectivity index (χ3n) is 2.75. The SMILES string of the molecule is COc1ccc(Nc2nc3cc(F)ccc3s2)cc1Br. The summed E-state index contributed by atoms with van der Waals surface area (Å²) in [5.41, 5.74) is 1.54. The molecule has 0 unspecified atom stereocenters. The molecule has 6 heteroatoms. The summed E-state index contributed by atoms with van der Waals surface area (Å²) in [4.78, 5) is 4.36. The molecule has 0 bridgehead atoms. The highest BCUT2D eigenvalue weighted by molar-refractivity contribution is 9.10. The van der Waals surface area contributed by atoms with Crippen molar-refractivity contribution in [1.29, 1.82) is 0 Å². The van der Waals surface area contributed by atoms with E-state index in [0.29, 0.717) is 5.52 Å².